The van der Waals surface area contributed by atoms with Gasteiger partial charge < -0.3 is 4.84 Å². The standard InChI is InChI=1S/C13H19NO/c1-2-5-12-7-9-13(10-8-12)6-3-4-11-15-14/h3,6-10H,2,4-5,11,14H2,1H3/b6-3+. The average molecular weight is 205 g/mol. The zero-order chi connectivity index (χ0) is 10.9. The van der Waals surface area contributed by atoms with E-state index in [0.717, 1.165) is 12.8 Å². The number of hydrogen-bond donors (Lipinski definition) is 1. The van der Waals surface area contributed by atoms with Gasteiger partial charge in [-0.3, -0.25) is 0 Å². The van der Waals surface area contributed by atoms with E-state index in [0.29, 0.717) is 6.61 Å². The Morgan fingerprint density at radius 2 is 2.00 bits per heavy atom. The van der Waals surface area contributed by atoms with Crippen LogP contribution in [0.15, 0.2) is 30.3 Å². The monoisotopic (exact) mass is 205 g/mol. The molecule has 0 atom stereocenters. The van der Waals surface area contributed by atoms with Gasteiger partial charge in [0.05, 0.1) is 6.61 Å². The van der Waals surface area contributed by atoms with Crippen LogP contribution in [0.4, 0.5) is 0 Å². The summed E-state index contributed by atoms with van der Waals surface area (Å²) < 4.78 is 0. The second-order valence-electron chi connectivity index (χ2n) is 3.55. The van der Waals surface area contributed by atoms with Gasteiger partial charge in [0.1, 0.15) is 0 Å². The van der Waals surface area contributed by atoms with Gasteiger partial charge in [-0.25, -0.2) is 5.90 Å². The molecule has 0 amide bonds. The van der Waals surface area contributed by atoms with Crippen molar-refractivity contribution in [3.63, 3.8) is 0 Å². The lowest BCUT2D eigenvalue weighted by atomic mass is 10.1. The molecule has 0 bridgehead atoms. The number of hydrogen-bond acceptors (Lipinski definition) is 2. The average Bonchev–Trinajstić information content (AvgIpc) is 2.27. The zero-order valence-corrected chi connectivity index (χ0v) is 9.28. The van der Waals surface area contributed by atoms with Gasteiger partial charge in [0.15, 0.2) is 0 Å². The molecule has 0 aliphatic carbocycles. The van der Waals surface area contributed by atoms with E-state index in [1.54, 1.807) is 0 Å². The van der Waals surface area contributed by atoms with Gasteiger partial charge in [0.2, 0.25) is 0 Å². The van der Waals surface area contributed by atoms with E-state index in [1.807, 2.05) is 0 Å². The number of aryl methyl sites for hydroxylation is 1. The maximum absolute atomic E-state index is 4.93. The second-order valence-corrected chi connectivity index (χ2v) is 3.55. The second kappa shape index (κ2) is 7.21. The molecular formula is C13H19NO. The molecule has 0 heterocycles. The fourth-order valence-corrected chi connectivity index (χ4v) is 1.44. The minimum atomic E-state index is 0.574. The molecule has 2 heteroatoms. The lowest BCUT2D eigenvalue weighted by molar-refractivity contribution is 0.143. The molecule has 15 heavy (non-hydrogen) atoms. The highest BCUT2D eigenvalue weighted by Crippen LogP contribution is 2.08. The minimum absolute atomic E-state index is 0.574. The first kappa shape index (κ1) is 12.0. The van der Waals surface area contributed by atoms with E-state index >= 15 is 0 Å². The number of nitrogens with two attached hydrogens (primary N) is 1. The molecule has 82 valence electrons. The quantitative estimate of drug-likeness (QED) is 0.572. The molecular weight excluding hydrogens is 186 g/mol. The lowest BCUT2D eigenvalue weighted by Crippen LogP contribution is -1.98. The molecule has 0 saturated carbocycles. The van der Waals surface area contributed by atoms with Gasteiger partial charge in [0.25, 0.3) is 0 Å². The van der Waals surface area contributed by atoms with Gasteiger partial charge >= 0.3 is 0 Å². The van der Waals surface area contributed by atoms with Crippen molar-refractivity contribution in [2.24, 2.45) is 5.90 Å². The van der Waals surface area contributed by atoms with Crippen molar-refractivity contribution in [2.75, 3.05) is 6.61 Å². The fraction of sp³-hybridized carbons (Fsp3) is 0.385. The molecule has 1 aromatic carbocycles. The van der Waals surface area contributed by atoms with Gasteiger partial charge in [-0.05, 0) is 24.0 Å². The molecule has 0 aliphatic heterocycles. The van der Waals surface area contributed by atoms with Crippen LogP contribution in [-0.4, -0.2) is 6.61 Å². The van der Waals surface area contributed by atoms with Crippen LogP contribution in [0, 0.1) is 0 Å². The smallest absolute Gasteiger partial charge is 0.0713 e. The highest BCUT2D eigenvalue weighted by molar-refractivity contribution is 5.49. The lowest BCUT2D eigenvalue weighted by Gasteiger charge is -1.99. The van der Waals surface area contributed by atoms with E-state index in [2.05, 4.69) is 48.2 Å². The third kappa shape index (κ3) is 4.77. The fourth-order valence-electron chi connectivity index (χ4n) is 1.44. The Balaban J connectivity index is 2.45. The van der Waals surface area contributed by atoms with E-state index in [1.165, 1.54) is 17.5 Å². The summed E-state index contributed by atoms with van der Waals surface area (Å²) in [7, 11) is 0. The van der Waals surface area contributed by atoms with Crippen LogP contribution in [0.3, 0.4) is 0 Å². The highest BCUT2D eigenvalue weighted by atomic mass is 16.6. The van der Waals surface area contributed by atoms with Crippen molar-refractivity contribution in [1.82, 2.24) is 0 Å². The van der Waals surface area contributed by atoms with Crippen LogP contribution < -0.4 is 5.90 Å². The maximum atomic E-state index is 4.93. The first-order valence-electron chi connectivity index (χ1n) is 5.44. The molecule has 0 radical (unpaired) electrons. The SMILES string of the molecule is CCCc1ccc(/C=C/CCON)cc1. The summed E-state index contributed by atoms with van der Waals surface area (Å²) in [4.78, 5) is 4.48. The molecule has 1 aromatic rings. The van der Waals surface area contributed by atoms with Crippen molar-refractivity contribution in [1.29, 1.82) is 0 Å². The topological polar surface area (TPSA) is 35.2 Å². The number of benzene rings is 1. The molecule has 0 aliphatic rings. The van der Waals surface area contributed by atoms with Crippen molar-refractivity contribution >= 4 is 6.08 Å². The molecule has 0 saturated heterocycles. The third-order valence-corrected chi connectivity index (χ3v) is 2.23. The molecule has 2 N–H and O–H groups in total. The van der Waals surface area contributed by atoms with Gasteiger partial charge in [-0.2, -0.15) is 0 Å². The first-order valence-corrected chi connectivity index (χ1v) is 5.44. The first-order chi connectivity index (χ1) is 7.36. The van der Waals surface area contributed by atoms with Crippen LogP contribution in [0.1, 0.15) is 30.9 Å². The van der Waals surface area contributed by atoms with E-state index in [9.17, 15) is 0 Å². The Morgan fingerprint density at radius 1 is 1.27 bits per heavy atom. The van der Waals surface area contributed by atoms with Crippen molar-refractivity contribution < 1.29 is 4.84 Å². The predicted octanol–water partition coefficient (Wildman–Crippen LogP) is 2.93. The Kier molecular flexibility index (Phi) is 5.74. The summed E-state index contributed by atoms with van der Waals surface area (Å²) in [6.07, 6.45) is 7.37. The van der Waals surface area contributed by atoms with Gasteiger partial charge in [-0.15, -0.1) is 0 Å². The molecule has 0 aromatic heterocycles. The largest absolute Gasteiger partial charge is 0.304 e. The van der Waals surface area contributed by atoms with Crippen LogP contribution >= 0.6 is 0 Å². The van der Waals surface area contributed by atoms with E-state index in [4.69, 9.17) is 5.90 Å². The summed E-state index contributed by atoms with van der Waals surface area (Å²) in [6.45, 7) is 2.77. The highest BCUT2D eigenvalue weighted by Gasteiger charge is 1.90. The van der Waals surface area contributed by atoms with Crippen molar-refractivity contribution in [3.05, 3.63) is 41.5 Å². The third-order valence-electron chi connectivity index (χ3n) is 2.23. The molecule has 1 rings (SSSR count). The molecule has 0 unspecified atom stereocenters. The van der Waals surface area contributed by atoms with Crippen LogP contribution in [0.5, 0.6) is 0 Å². The molecule has 0 spiro atoms. The Labute approximate surface area is 91.7 Å². The van der Waals surface area contributed by atoms with Crippen LogP contribution in [0.25, 0.3) is 6.08 Å². The Bertz CT molecular complexity index is 290. The summed E-state index contributed by atoms with van der Waals surface area (Å²) in [5, 5.41) is 0. The maximum Gasteiger partial charge on any atom is 0.0713 e. The van der Waals surface area contributed by atoms with Crippen molar-refractivity contribution in [2.45, 2.75) is 26.2 Å². The van der Waals surface area contributed by atoms with Crippen LogP contribution in [0.2, 0.25) is 0 Å². The minimum Gasteiger partial charge on any atom is -0.304 e. The van der Waals surface area contributed by atoms with E-state index < -0.39 is 0 Å². The Morgan fingerprint density at radius 3 is 2.60 bits per heavy atom. The molecule has 2 nitrogen and oxygen atoms in total. The number of rotatable bonds is 6. The summed E-state index contributed by atoms with van der Waals surface area (Å²) >= 11 is 0. The normalized spacial score (nSPS) is 11.1. The zero-order valence-electron chi connectivity index (χ0n) is 9.28. The summed E-state index contributed by atoms with van der Waals surface area (Å²) in [5.41, 5.74) is 2.63. The van der Waals surface area contributed by atoms with Crippen LogP contribution in [-0.2, 0) is 11.3 Å². The van der Waals surface area contributed by atoms with E-state index in [-0.39, 0.29) is 0 Å². The van der Waals surface area contributed by atoms with Gasteiger partial charge in [-0.1, -0.05) is 49.8 Å². The van der Waals surface area contributed by atoms with Crippen molar-refractivity contribution in [3.8, 4) is 0 Å². The summed E-state index contributed by atoms with van der Waals surface area (Å²) in [6, 6.07) is 8.65. The Hall–Kier alpha value is -1.12. The predicted molar refractivity (Wildman–Crippen MR) is 64.2 cm³/mol. The molecule has 0 fully saturated rings. The summed E-state index contributed by atoms with van der Waals surface area (Å²) in [5.74, 6) is 4.93. The van der Waals surface area contributed by atoms with Gasteiger partial charge in [0, 0.05) is 0 Å².